The topological polar surface area (TPSA) is 12.0 Å². The normalized spacial score (nSPS) is 24.7. The van der Waals surface area contributed by atoms with E-state index in [0.29, 0.717) is 0 Å². The van der Waals surface area contributed by atoms with Gasteiger partial charge in [-0.05, 0) is 56.1 Å². The molecule has 0 bridgehead atoms. The highest BCUT2D eigenvalue weighted by Crippen LogP contribution is 2.30. The fraction of sp³-hybridized carbons (Fsp3) is 1.00. The third kappa shape index (κ3) is 6.47. The van der Waals surface area contributed by atoms with Gasteiger partial charge in [0.15, 0.2) is 0 Å². The van der Waals surface area contributed by atoms with Gasteiger partial charge in [-0.1, -0.05) is 39.5 Å². The Balaban J connectivity index is 2.06. The van der Waals surface area contributed by atoms with Gasteiger partial charge in [0, 0.05) is 6.04 Å². The molecule has 2 unspecified atom stereocenters. The first-order valence-corrected chi connectivity index (χ1v) is 9.37. The van der Waals surface area contributed by atoms with Crippen LogP contribution in [0.4, 0.5) is 0 Å². The van der Waals surface area contributed by atoms with Crippen LogP contribution in [0.5, 0.6) is 0 Å². The van der Waals surface area contributed by atoms with E-state index in [1.807, 2.05) is 11.8 Å². The van der Waals surface area contributed by atoms with Crippen LogP contribution in [0.1, 0.15) is 65.2 Å². The maximum Gasteiger partial charge on any atom is 0.00977 e. The highest BCUT2D eigenvalue weighted by atomic mass is 32.2. The number of hydrogen-bond donors (Lipinski definition) is 1. The zero-order chi connectivity index (χ0) is 13.2. The monoisotopic (exact) mass is 271 g/mol. The van der Waals surface area contributed by atoms with Gasteiger partial charge in [-0.3, -0.25) is 0 Å². The van der Waals surface area contributed by atoms with E-state index in [4.69, 9.17) is 0 Å². The maximum absolute atomic E-state index is 3.84. The van der Waals surface area contributed by atoms with Crippen molar-refractivity contribution in [2.24, 2.45) is 11.8 Å². The molecule has 2 atom stereocenters. The van der Waals surface area contributed by atoms with Crippen LogP contribution in [0.25, 0.3) is 0 Å². The summed E-state index contributed by atoms with van der Waals surface area (Å²) in [6.07, 6.45) is 13.6. The Kier molecular flexibility index (Phi) is 9.22. The average molecular weight is 272 g/mol. The van der Waals surface area contributed by atoms with E-state index < -0.39 is 0 Å². The van der Waals surface area contributed by atoms with Gasteiger partial charge < -0.3 is 5.32 Å². The van der Waals surface area contributed by atoms with Crippen molar-refractivity contribution >= 4 is 11.8 Å². The third-order valence-corrected chi connectivity index (χ3v) is 5.05. The summed E-state index contributed by atoms with van der Waals surface area (Å²) in [6, 6.07) is 0.810. The molecule has 0 aliphatic heterocycles. The lowest BCUT2D eigenvalue weighted by Crippen LogP contribution is -2.41. The predicted octanol–water partition coefficient (Wildman–Crippen LogP) is 4.71. The van der Waals surface area contributed by atoms with Gasteiger partial charge in [0.2, 0.25) is 0 Å². The second kappa shape index (κ2) is 10.1. The smallest absolute Gasteiger partial charge is 0.00977 e. The average Bonchev–Trinajstić information content (AvgIpc) is 2.38. The number of rotatable bonds is 9. The summed E-state index contributed by atoms with van der Waals surface area (Å²) in [5.41, 5.74) is 0. The molecule has 0 amide bonds. The molecule has 1 fully saturated rings. The van der Waals surface area contributed by atoms with Gasteiger partial charge >= 0.3 is 0 Å². The lowest BCUT2D eigenvalue weighted by Gasteiger charge is -2.35. The SMILES string of the molecule is CSCCCCCCNC1CCCCC1C(C)C. The number of hydrogen-bond acceptors (Lipinski definition) is 2. The van der Waals surface area contributed by atoms with E-state index in [2.05, 4.69) is 25.4 Å². The van der Waals surface area contributed by atoms with Crippen LogP contribution >= 0.6 is 11.8 Å². The molecule has 1 N–H and O–H groups in total. The molecule has 0 saturated heterocycles. The highest BCUT2D eigenvalue weighted by molar-refractivity contribution is 7.98. The Morgan fingerprint density at radius 1 is 1.06 bits per heavy atom. The van der Waals surface area contributed by atoms with Crippen molar-refractivity contribution in [3.63, 3.8) is 0 Å². The Labute approximate surface area is 119 Å². The molecule has 0 aromatic rings. The first-order chi connectivity index (χ1) is 8.75. The van der Waals surface area contributed by atoms with Crippen molar-refractivity contribution in [1.82, 2.24) is 5.32 Å². The Morgan fingerprint density at radius 2 is 1.78 bits per heavy atom. The second-order valence-corrected chi connectivity index (χ2v) is 7.15. The Bertz CT molecular complexity index is 194. The second-order valence-electron chi connectivity index (χ2n) is 6.16. The predicted molar refractivity (Wildman–Crippen MR) is 85.4 cm³/mol. The van der Waals surface area contributed by atoms with Gasteiger partial charge in [0.1, 0.15) is 0 Å². The Hall–Kier alpha value is 0.310. The van der Waals surface area contributed by atoms with Crippen LogP contribution in [-0.2, 0) is 0 Å². The van der Waals surface area contributed by atoms with Gasteiger partial charge in [0.25, 0.3) is 0 Å². The molecule has 0 spiro atoms. The third-order valence-electron chi connectivity index (χ3n) is 4.36. The van der Waals surface area contributed by atoms with Crippen molar-refractivity contribution in [2.75, 3.05) is 18.6 Å². The van der Waals surface area contributed by atoms with Gasteiger partial charge in [-0.25, -0.2) is 0 Å². The van der Waals surface area contributed by atoms with Gasteiger partial charge in [-0.2, -0.15) is 11.8 Å². The maximum atomic E-state index is 3.84. The lowest BCUT2D eigenvalue weighted by atomic mass is 9.78. The van der Waals surface area contributed by atoms with Crippen LogP contribution in [-0.4, -0.2) is 24.6 Å². The largest absolute Gasteiger partial charge is 0.314 e. The van der Waals surface area contributed by atoms with E-state index in [9.17, 15) is 0 Å². The minimum absolute atomic E-state index is 0.810. The molecule has 1 saturated carbocycles. The van der Waals surface area contributed by atoms with Crippen molar-refractivity contribution in [3.05, 3.63) is 0 Å². The highest BCUT2D eigenvalue weighted by Gasteiger charge is 2.26. The quantitative estimate of drug-likeness (QED) is 0.609. The van der Waals surface area contributed by atoms with Gasteiger partial charge in [-0.15, -0.1) is 0 Å². The standard InChI is InChI=1S/C16H33NS/c1-14(2)15-10-6-7-11-16(15)17-12-8-4-5-9-13-18-3/h14-17H,4-13H2,1-3H3. The number of unbranched alkanes of at least 4 members (excludes halogenated alkanes) is 3. The summed E-state index contributed by atoms with van der Waals surface area (Å²) in [7, 11) is 0. The van der Waals surface area contributed by atoms with Gasteiger partial charge in [0.05, 0.1) is 0 Å². The van der Waals surface area contributed by atoms with E-state index in [1.54, 1.807) is 0 Å². The molecule has 108 valence electrons. The van der Waals surface area contributed by atoms with Crippen LogP contribution < -0.4 is 5.32 Å². The zero-order valence-corrected chi connectivity index (χ0v) is 13.5. The van der Waals surface area contributed by atoms with Crippen molar-refractivity contribution in [2.45, 2.75) is 71.3 Å². The van der Waals surface area contributed by atoms with Crippen LogP contribution in [0.2, 0.25) is 0 Å². The number of thioether (sulfide) groups is 1. The molecule has 18 heavy (non-hydrogen) atoms. The van der Waals surface area contributed by atoms with E-state index >= 15 is 0 Å². The number of nitrogens with one attached hydrogen (secondary N) is 1. The molecular formula is C16H33NS. The van der Waals surface area contributed by atoms with E-state index in [1.165, 1.54) is 63.7 Å². The van der Waals surface area contributed by atoms with E-state index in [-0.39, 0.29) is 0 Å². The summed E-state index contributed by atoms with van der Waals surface area (Å²) in [4.78, 5) is 0. The van der Waals surface area contributed by atoms with Crippen molar-refractivity contribution in [3.8, 4) is 0 Å². The molecule has 0 radical (unpaired) electrons. The fourth-order valence-corrected chi connectivity index (χ4v) is 3.72. The van der Waals surface area contributed by atoms with Crippen molar-refractivity contribution in [1.29, 1.82) is 0 Å². The first kappa shape index (κ1) is 16.4. The minimum Gasteiger partial charge on any atom is -0.314 e. The summed E-state index contributed by atoms with van der Waals surface area (Å²) >= 11 is 1.98. The summed E-state index contributed by atoms with van der Waals surface area (Å²) in [5.74, 6) is 3.12. The molecule has 1 rings (SSSR count). The molecular weight excluding hydrogens is 238 g/mol. The Morgan fingerprint density at radius 3 is 2.50 bits per heavy atom. The zero-order valence-electron chi connectivity index (χ0n) is 12.7. The summed E-state index contributed by atoms with van der Waals surface area (Å²) < 4.78 is 0. The van der Waals surface area contributed by atoms with Crippen LogP contribution in [0, 0.1) is 11.8 Å². The minimum atomic E-state index is 0.810. The first-order valence-electron chi connectivity index (χ1n) is 7.98. The summed E-state index contributed by atoms with van der Waals surface area (Å²) in [6.45, 7) is 6.04. The molecule has 0 aromatic heterocycles. The molecule has 0 heterocycles. The van der Waals surface area contributed by atoms with Crippen LogP contribution in [0.15, 0.2) is 0 Å². The molecule has 1 nitrogen and oxygen atoms in total. The summed E-state index contributed by atoms with van der Waals surface area (Å²) in [5, 5.41) is 3.84. The molecule has 2 heteroatoms. The lowest BCUT2D eigenvalue weighted by molar-refractivity contribution is 0.205. The molecule has 1 aliphatic carbocycles. The fourth-order valence-electron chi connectivity index (χ4n) is 3.22. The molecule has 1 aliphatic rings. The van der Waals surface area contributed by atoms with E-state index in [0.717, 1.165) is 17.9 Å². The van der Waals surface area contributed by atoms with Crippen LogP contribution in [0.3, 0.4) is 0 Å². The van der Waals surface area contributed by atoms with Crippen molar-refractivity contribution < 1.29 is 0 Å². The molecule has 0 aromatic carbocycles.